The quantitative estimate of drug-likeness (QED) is 0.424. The average Bonchev–Trinajstić information content (AvgIpc) is 2.65. The summed E-state index contributed by atoms with van der Waals surface area (Å²) < 4.78 is 10.4. The van der Waals surface area contributed by atoms with Crippen LogP contribution in [0.1, 0.15) is 30.1 Å². The van der Waals surface area contributed by atoms with Gasteiger partial charge >= 0.3 is 5.97 Å². The first-order chi connectivity index (χ1) is 12.6. The molecule has 0 radical (unpaired) electrons. The van der Waals surface area contributed by atoms with Crippen molar-refractivity contribution in [2.75, 3.05) is 18.5 Å². The Morgan fingerprint density at radius 1 is 0.962 bits per heavy atom. The van der Waals surface area contributed by atoms with Crippen LogP contribution in [-0.2, 0) is 14.3 Å². The fraction of sp³-hybridized carbons (Fsp3) is 0.250. The van der Waals surface area contributed by atoms with Gasteiger partial charge in [-0.2, -0.15) is 0 Å². The smallest absolute Gasteiger partial charge is 0.306 e. The largest absolute Gasteiger partial charge is 0.494 e. The number of Topliss-reactive ketones (excluding diaryl/α,β-unsaturated/α-hetero) is 1. The zero-order valence-corrected chi connectivity index (χ0v) is 14.6. The number of amides is 1. The van der Waals surface area contributed by atoms with Crippen LogP contribution in [0.15, 0.2) is 54.6 Å². The van der Waals surface area contributed by atoms with E-state index in [4.69, 9.17) is 9.47 Å². The lowest BCUT2D eigenvalue weighted by atomic mass is 10.1. The topological polar surface area (TPSA) is 81.7 Å². The van der Waals surface area contributed by atoms with Gasteiger partial charge in [0.2, 0.25) is 0 Å². The lowest BCUT2D eigenvalue weighted by molar-refractivity contribution is -0.147. The maximum absolute atomic E-state index is 11.9. The molecule has 0 aliphatic rings. The van der Waals surface area contributed by atoms with Crippen LogP contribution in [0.2, 0.25) is 0 Å². The number of rotatable bonds is 9. The summed E-state index contributed by atoms with van der Waals surface area (Å²) in [6.07, 6.45) is 0.645. The van der Waals surface area contributed by atoms with Gasteiger partial charge in [0, 0.05) is 12.0 Å². The molecular weight excluding hydrogens is 334 g/mol. The van der Waals surface area contributed by atoms with Crippen LogP contribution < -0.4 is 10.1 Å². The summed E-state index contributed by atoms with van der Waals surface area (Å²) in [5.41, 5.74) is 0.808. The molecule has 0 bridgehead atoms. The molecule has 0 spiro atoms. The molecule has 2 rings (SSSR count). The standard InChI is InChI=1S/C20H21NO5/c1-15(22)17-10-5-6-11-18(17)21-19(23)14-26-20(24)12-7-13-25-16-8-3-2-4-9-16/h2-6,8-11H,7,12-14H2,1H3,(H,21,23). The number of hydrogen-bond donors (Lipinski definition) is 1. The molecule has 0 atom stereocenters. The van der Waals surface area contributed by atoms with Gasteiger partial charge in [0.1, 0.15) is 5.75 Å². The van der Waals surface area contributed by atoms with Gasteiger partial charge < -0.3 is 14.8 Å². The summed E-state index contributed by atoms with van der Waals surface area (Å²) in [6.45, 7) is 1.41. The van der Waals surface area contributed by atoms with Gasteiger partial charge in [0.05, 0.1) is 12.3 Å². The van der Waals surface area contributed by atoms with Gasteiger partial charge in [-0.3, -0.25) is 14.4 Å². The summed E-state index contributed by atoms with van der Waals surface area (Å²) >= 11 is 0. The molecule has 0 aliphatic carbocycles. The van der Waals surface area contributed by atoms with Gasteiger partial charge in [-0.1, -0.05) is 30.3 Å². The van der Waals surface area contributed by atoms with E-state index >= 15 is 0 Å². The number of ether oxygens (including phenoxy) is 2. The van der Waals surface area contributed by atoms with E-state index in [1.54, 1.807) is 24.3 Å². The predicted octanol–water partition coefficient (Wildman–Crippen LogP) is 3.23. The van der Waals surface area contributed by atoms with E-state index in [9.17, 15) is 14.4 Å². The highest BCUT2D eigenvalue weighted by Crippen LogP contribution is 2.15. The van der Waals surface area contributed by atoms with Gasteiger partial charge in [-0.05, 0) is 37.6 Å². The maximum Gasteiger partial charge on any atom is 0.306 e. The number of para-hydroxylation sites is 2. The highest BCUT2D eigenvalue weighted by Gasteiger charge is 2.11. The van der Waals surface area contributed by atoms with Crippen molar-refractivity contribution in [3.63, 3.8) is 0 Å². The van der Waals surface area contributed by atoms with Crippen molar-refractivity contribution in [1.29, 1.82) is 0 Å². The minimum Gasteiger partial charge on any atom is -0.494 e. The van der Waals surface area contributed by atoms with Crippen LogP contribution >= 0.6 is 0 Å². The molecule has 1 N–H and O–H groups in total. The molecule has 0 aromatic heterocycles. The minimum absolute atomic E-state index is 0.156. The number of carbonyl (C=O) groups is 3. The van der Waals surface area contributed by atoms with E-state index in [-0.39, 0.29) is 12.2 Å². The van der Waals surface area contributed by atoms with Crippen LogP contribution in [-0.4, -0.2) is 30.9 Å². The Bertz CT molecular complexity index is 758. The molecule has 0 fully saturated rings. The highest BCUT2D eigenvalue weighted by molar-refractivity contribution is 6.04. The fourth-order valence-electron chi connectivity index (χ4n) is 2.23. The van der Waals surface area contributed by atoms with Gasteiger partial charge in [0.25, 0.3) is 5.91 Å². The monoisotopic (exact) mass is 355 g/mol. The normalized spacial score (nSPS) is 10.0. The third-order valence-corrected chi connectivity index (χ3v) is 3.48. The molecule has 1 amide bonds. The van der Waals surface area contributed by atoms with Gasteiger partial charge in [-0.15, -0.1) is 0 Å². The fourth-order valence-corrected chi connectivity index (χ4v) is 2.23. The molecule has 0 saturated heterocycles. The number of nitrogens with one attached hydrogen (secondary N) is 1. The van der Waals surface area contributed by atoms with E-state index in [1.165, 1.54) is 6.92 Å². The summed E-state index contributed by atoms with van der Waals surface area (Å²) in [4.78, 5) is 35.1. The minimum atomic E-state index is -0.493. The van der Waals surface area contributed by atoms with Crippen LogP contribution in [0.25, 0.3) is 0 Å². The lowest BCUT2D eigenvalue weighted by Crippen LogP contribution is -2.22. The summed E-state index contributed by atoms with van der Waals surface area (Å²) in [7, 11) is 0. The molecule has 2 aromatic carbocycles. The van der Waals surface area contributed by atoms with Crippen LogP contribution in [0.4, 0.5) is 5.69 Å². The van der Waals surface area contributed by atoms with Gasteiger partial charge in [0.15, 0.2) is 12.4 Å². The molecule has 0 aliphatic heterocycles. The number of carbonyl (C=O) groups excluding carboxylic acids is 3. The second-order valence-electron chi connectivity index (χ2n) is 5.58. The maximum atomic E-state index is 11.9. The Morgan fingerprint density at radius 2 is 1.65 bits per heavy atom. The van der Waals surface area contributed by atoms with E-state index in [0.717, 1.165) is 5.75 Å². The average molecular weight is 355 g/mol. The van der Waals surface area contributed by atoms with Crippen molar-refractivity contribution in [3.05, 3.63) is 60.2 Å². The van der Waals surface area contributed by atoms with Gasteiger partial charge in [-0.25, -0.2) is 0 Å². The number of hydrogen-bond acceptors (Lipinski definition) is 5. The Hall–Kier alpha value is -3.15. The Labute approximate surface area is 152 Å². The molecule has 0 heterocycles. The van der Waals surface area contributed by atoms with Crippen LogP contribution in [0.3, 0.4) is 0 Å². The molecule has 26 heavy (non-hydrogen) atoms. The number of anilines is 1. The van der Waals surface area contributed by atoms with Crippen molar-refractivity contribution in [2.24, 2.45) is 0 Å². The van der Waals surface area contributed by atoms with Crippen LogP contribution in [0, 0.1) is 0 Å². The molecule has 6 nitrogen and oxygen atoms in total. The first kappa shape index (κ1) is 19.2. The Kier molecular flexibility index (Phi) is 7.36. The Morgan fingerprint density at radius 3 is 2.38 bits per heavy atom. The lowest BCUT2D eigenvalue weighted by Gasteiger charge is -2.09. The second kappa shape index (κ2) is 9.98. The first-order valence-corrected chi connectivity index (χ1v) is 8.29. The second-order valence-corrected chi connectivity index (χ2v) is 5.58. The third kappa shape index (κ3) is 6.39. The van der Waals surface area contributed by atoms with Crippen LogP contribution in [0.5, 0.6) is 5.75 Å². The summed E-state index contributed by atoms with van der Waals surface area (Å²) in [6, 6.07) is 16.0. The molecular formula is C20H21NO5. The number of esters is 1. The molecule has 136 valence electrons. The SMILES string of the molecule is CC(=O)c1ccccc1NC(=O)COC(=O)CCCOc1ccccc1. The zero-order chi connectivity index (χ0) is 18.8. The van der Waals surface area contributed by atoms with E-state index in [0.29, 0.717) is 24.3 Å². The molecule has 6 heteroatoms. The molecule has 2 aromatic rings. The zero-order valence-electron chi connectivity index (χ0n) is 14.6. The predicted molar refractivity (Wildman–Crippen MR) is 97.2 cm³/mol. The molecule has 0 unspecified atom stereocenters. The van der Waals surface area contributed by atoms with E-state index < -0.39 is 18.5 Å². The Balaban J connectivity index is 1.67. The molecule has 0 saturated carbocycles. The summed E-state index contributed by atoms with van der Waals surface area (Å²) in [5.74, 6) is -0.384. The van der Waals surface area contributed by atoms with Crippen molar-refractivity contribution in [3.8, 4) is 5.75 Å². The summed E-state index contributed by atoms with van der Waals surface area (Å²) in [5, 5.41) is 2.57. The van der Waals surface area contributed by atoms with E-state index in [1.807, 2.05) is 30.3 Å². The van der Waals surface area contributed by atoms with Crippen molar-refractivity contribution in [2.45, 2.75) is 19.8 Å². The number of ketones is 1. The van der Waals surface area contributed by atoms with E-state index in [2.05, 4.69) is 5.32 Å². The van der Waals surface area contributed by atoms with Crippen molar-refractivity contribution < 1.29 is 23.9 Å². The number of benzene rings is 2. The van der Waals surface area contributed by atoms with Crippen molar-refractivity contribution in [1.82, 2.24) is 0 Å². The highest BCUT2D eigenvalue weighted by atomic mass is 16.5. The van der Waals surface area contributed by atoms with Crippen molar-refractivity contribution >= 4 is 23.3 Å². The third-order valence-electron chi connectivity index (χ3n) is 3.48. The first-order valence-electron chi connectivity index (χ1n) is 8.29.